The smallest absolute Gasteiger partial charge is 0.329 e. The fourth-order valence-electron chi connectivity index (χ4n) is 4.82. The third-order valence-corrected chi connectivity index (χ3v) is 8.93. The Morgan fingerprint density at radius 1 is 0.854 bits per heavy atom. The van der Waals surface area contributed by atoms with E-state index in [4.69, 9.17) is 25.6 Å². The first-order valence-electron chi connectivity index (χ1n) is 15.5. The number of carboxylic acid groups (broad SMARTS) is 1. The number of nitriles is 1. The fraction of sp³-hybridized carbons (Fsp3) is 0.231. The number of rotatable bonds is 9. The number of carboxylic acids is 1. The van der Waals surface area contributed by atoms with Crippen molar-refractivity contribution < 1.29 is 24.2 Å². The summed E-state index contributed by atoms with van der Waals surface area (Å²) in [6, 6.07) is 32.4. The van der Waals surface area contributed by atoms with Gasteiger partial charge in [-0.1, -0.05) is 97.4 Å². The Morgan fingerprint density at radius 2 is 1.38 bits per heavy atom. The van der Waals surface area contributed by atoms with Gasteiger partial charge in [0.15, 0.2) is 6.04 Å². The minimum atomic E-state index is -0.882. The number of carbonyl (C=O) groups excluding carboxylic acids is 1. The highest BCUT2D eigenvalue weighted by atomic mass is 32.2. The number of para-hydroxylation sites is 2. The lowest BCUT2D eigenvalue weighted by atomic mass is 10.1. The van der Waals surface area contributed by atoms with Gasteiger partial charge in [0.25, 0.3) is 5.91 Å². The predicted molar refractivity (Wildman–Crippen MR) is 190 cm³/mol. The summed E-state index contributed by atoms with van der Waals surface area (Å²) in [6.45, 7) is 8.83. The lowest BCUT2D eigenvalue weighted by Gasteiger charge is -2.14. The summed E-state index contributed by atoms with van der Waals surface area (Å²) in [6.07, 6.45) is 0. The maximum absolute atomic E-state index is 11.3. The van der Waals surface area contributed by atoms with E-state index >= 15 is 0 Å². The number of aliphatic carboxylic acids is 1. The van der Waals surface area contributed by atoms with Crippen molar-refractivity contribution in [2.75, 3.05) is 5.75 Å². The van der Waals surface area contributed by atoms with Crippen molar-refractivity contribution in [3.05, 3.63) is 142 Å². The number of benzene rings is 4. The average molecular weight is 662 g/mol. The molecular formula is C39H39N3O5S. The Labute approximate surface area is 285 Å². The first kappa shape index (κ1) is 35.5. The largest absolute Gasteiger partial charge is 0.488 e. The van der Waals surface area contributed by atoms with Crippen molar-refractivity contribution in [3.8, 4) is 17.6 Å². The summed E-state index contributed by atoms with van der Waals surface area (Å²) in [5, 5.41) is 18.1. The van der Waals surface area contributed by atoms with Gasteiger partial charge in [-0.25, -0.2) is 4.79 Å². The van der Waals surface area contributed by atoms with Crippen molar-refractivity contribution in [2.24, 2.45) is 16.6 Å². The average Bonchev–Trinajstić information content (AvgIpc) is 3.42. The van der Waals surface area contributed by atoms with E-state index in [9.17, 15) is 9.59 Å². The minimum absolute atomic E-state index is 0.422. The zero-order valence-corrected chi connectivity index (χ0v) is 28.3. The van der Waals surface area contributed by atoms with E-state index in [0.29, 0.717) is 36.2 Å². The molecule has 0 fully saturated rings. The summed E-state index contributed by atoms with van der Waals surface area (Å²) >= 11 is 1.47. The van der Waals surface area contributed by atoms with Crippen LogP contribution >= 0.6 is 11.8 Å². The molecule has 0 aromatic heterocycles. The predicted octanol–water partition coefficient (Wildman–Crippen LogP) is 7.67. The van der Waals surface area contributed by atoms with Crippen molar-refractivity contribution in [1.29, 1.82) is 5.26 Å². The number of thioether (sulfide) groups is 1. The fourth-order valence-corrected chi connectivity index (χ4v) is 5.87. The van der Waals surface area contributed by atoms with E-state index in [2.05, 4.69) is 11.1 Å². The Kier molecular flexibility index (Phi) is 12.6. The summed E-state index contributed by atoms with van der Waals surface area (Å²) < 4.78 is 11.7. The maximum atomic E-state index is 11.3. The second-order valence-corrected chi connectivity index (χ2v) is 12.4. The van der Waals surface area contributed by atoms with Gasteiger partial charge in [-0.05, 0) is 55.2 Å². The summed E-state index contributed by atoms with van der Waals surface area (Å²) in [5.74, 6) is 0.956. The van der Waals surface area contributed by atoms with Gasteiger partial charge in [0.1, 0.15) is 29.8 Å². The van der Waals surface area contributed by atoms with Crippen LogP contribution in [0, 0.1) is 31.1 Å². The van der Waals surface area contributed by atoms with E-state index in [-0.39, 0.29) is 0 Å². The van der Waals surface area contributed by atoms with E-state index in [1.807, 2.05) is 113 Å². The zero-order valence-electron chi connectivity index (χ0n) is 27.5. The number of nitrogens with zero attached hydrogens (tertiary/aromatic N) is 2. The van der Waals surface area contributed by atoms with Crippen molar-refractivity contribution >= 4 is 28.7 Å². The topological polar surface area (TPSA) is 135 Å². The molecule has 6 rings (SSSR count). The monoisotopic (exact) mass is 661 g/mol. The quantitative estimate of drug-likeness (QED) is 0.188. The molecule has 1 unspecified atom stereocenters. The van der Waals surface area contributed by atoms with Crippen LogP contribution in [0.5, 0.6) is 11.5 Å². The molecule has 246 valence electrons. The van der Waals surface area contributed by atoms with Gasteiger partial charge in [-0.15, -0.1) is 11.8 Å². The third-order valence-electron chi connectivity index (χ3n) is 7.85. The Hall–Kier alpha value is -5.33. The number of hydrogen-bond donors (Lipinski definition) is 2. The van der Waals surface area contributed by atoms with Gasteiger partial charge in [-0.2, -0.15) is 5.26 Å². The Morgan fingerprint density at radius 3 is 1.83 bits per heavy atom. The number of carbonyl (C=O) groups is 2. The molecular weight excluding hydrogens is 623 g/mol. The number of primary amides is 1. The van der Waals surface area contributed by atoms with Crippen LogP contribution in [0.2, 0.25) is 0 Å². The molecule has 1 heterocycles. The highest BCUT2D eigenvalue weighted by Gasteiger charge is 2.28. The summed E-state index contributed by atoms with van der Waals surface area (Å²) in [7, 11) is 0. The van der Waals surface area contributed by atoms with Gasteiger partial charge in [0.05, 0.1) is 11.6 Å². The molecule has 1 amide bonds. The van der Waals surface area contributed by atoms with Crippen molar-refractivity contribution in [1.82, 2.24) is 0 Å². The van der Waals surface area contributed by atoms with Crippen LogP contribution in [-0.2, 0) is 18.0 Å². The molecule has 1 aliphatic carbocycles. The van der Waals surface area contributed by atoms with Crippen LogP contribution in [0.1, 0.15) is 52.0 Å². The van der Waals surface area contributed by atoms with Gasteiger partial charge >= 0.3 is 5.97 Å². The van der Waals surface area contributed by atoms with Gasteiger partial charge < -0.3 is 20.3 Å². The first-order valence-corrected chi connectivity index (χ1v) is 16.5. The Balaban J connectivity index is 0.000000184. The summed E-state index contributed by atoms with van der Waals surface area (Å²) in [4.78, 5) is 26.7. The van der Waals surface area contributed by atoms with Crippen molar-refractivity contribution in [3.63, 3.8) is 0 Å². The lowest BCUT2D eigenvalue weighted by molar-refractivity contribution is -0.137. The molecule has 9 heteroatoms. The third kappa shape index (κ3) is 9.60. The molecule has 0 saturated carbocycles. The maximum Gasteiger partial charge on any atom is 0.329 e. The molecule has 0 saturated heterocycles. The molecule has 2 atom stereocenters. The molecule has 0 radical (unpaired) electrons. The highest BCUT2D eigenvalue weighted by Crippen LogP contribution is 2.37. The van der Waals surface area contributed by atoms with Crippen LogP contribution in [0.15, 0.2) is 113 Å². The zero-order chi connectivity index (χ0) is 34.6. The molecule has 3 N–H and O–H groups in total. The van der Waals surface area contributed by atoms with E-state index in [0.717, 1.165) is 44.2 Å². The second kappa shape index (κ2) is 17.0. The molecule has 1 aliphatic heterocycles. The number of aryl methyl sites for hydroxylation is 2. The molecule has 8 nitrogen and oxygen atoms in total. The highest BCUT2D eigenvalue weighted by molar-refractivity contribution is 8.14. The molecule has 0 bridgehead atoms. The molecule has 0 spiro atoms. The number of hydrogen-bond acceptors (Lipinski definition) is 7. The molecule has 48 heavy (non-hydrogen) atoms. The molecule has 4 aromatic rings. The number of nitrogens with two attached hydrogens (primary N) is 1. The Bertz CT molecular complexity index is 1850. The summed E-state index contributed by atoms with van der Waals surface area (Å²) in [5.41, 5.74) is 12.9. The standard InChI is InChI=1S/C18H17NO3S.C15H15NO2.C6H7N/c1-12-6-5-9-14(17-19-15(11-23-17)18(20)21)16(12)22-10-13-7-3-2-4-8-13;1-11-6-5-9-13(15(16)17)14(11)18-10-12-7-3-2-4-8-12;1-4-5(2)6(4)3-7/h2-9,15H,10-11H2,1H3,(H,20,21);2-9H,10H2,1H3,(H2,16,17);4H,1-2H3/t15-;;/m0../s1. The van der Waals surface area contributed by atoms with Gasteiger partial charge in [0, 0.05) is 22.8 Å². The number of ether oxygens (including phenoxy) is 2. The van der Waals surface area contributed by atoms with Crippen LogP contribution in [0.25, 0.3) is 0 Å². The number of aliphatic imine (C=N–C) groups is 1. The van der Waals surface area contributed by atoms with Crippen LogP contribution < -0.4 is 15.2 Å². The van der Waals surface area contributed by atoms with E-state index in [1.54, 1.807) is 12.1 Å². The van der Waals surface area contributed by atoms with Crippen LogP contribution in [0.4, 0.5) is 0 Å². The molecule has 4 aromatic carbocycles. The first-order chi connectivity index (χ1) is 23.1. The van der Waals surface area contributed by atoms with E-state index < -0.39 is 17.9 Å². The van der Waals surface area contributed by atoms with Crippen LogP contribution in [0.3, 0.4) is 0 Å². The van der Waals surface area contributed by atoms with E-state index in [1.165, 1.54) is 17.3 Å². The van der Waals surface area contributed by atoms with Crippen LogP contribution in [-0.4, -0.2) is 33.8 Å². The SMILES string of the molecule is CC1=C(C#N)C1C.Cc1cccc(C(N)=O)c1OCc1ccccc1.Cc1cccc(C2=N[C@H](C(=O)O)CS2)c1OCc1ccccc1. The van der Waals surface area contributed by atoms with Gasteiger partial charge in [0.2, 0.25) is 0 Å². The van der Waals surface area contributed by atoms with Gasteiger partial charge in [-0.3, -0.25) is 9.79 Å². The number of allylic oxidation sites excluding steroid dienone is 2. The number of amides is 1. The second-order valence-electron chi connectivity index (χ2n) is 11.3. The minimum Gasteiger partial charge on any atom is -0.488 e. The molecule has 2 aliphatic rings. The lowest BCUT2D eigenvalue weighted by Crippen LogP contribution is -2.17. The van der Waals surface area contributed by atoms with Crippen molar-refractivity contribution in [2.45, 2.75) is 47.0 Å². The normalized spacial score (nSPS) is 15.9.